The predicted molar refractivity (Wildman–Crippen MR) is 93.9 cm³/mol. The largest absolute Gasteiger partial charge is 0.512 e. The lowest BCUT2D eigenvalue weighted by Crippen LogP contribution is -2.14. The van der Waals surface area contributed by atoms with E-state index in [1.54, 1.807) is 6.07 Å². The first kappa shape index (κ1) is 18.6. The summed E-state index contributed by atoms with van der Waals surface area (Å²) in [6.07, 6.45) is -1.51. The number of nitrogens with one attached hydrogen (secondary N) is 1. The number of ether oxygens (including phenoxy) is 1. The minimum absolute atomic E-state index is 0.0108. The molecule has 0 saturated carbocycles. The van der Waals surface area contributed by atoms with Crippen LogP contribution in [0.3, 0.4) is 0 Å². The number of anilines is 1. The highest BCUT2D eigenvalue weighted by molar-refractivity contribution is 7.92. The van der Waals surface area contributed by atoms with Gasteiger partial charge >= 0.3 is 6.16 Å². The van der Waals surface area contributed by atoms with Crippen molar-refractivity contribution >= 4 is 44.8 Å². The molecule has 0 aliphatic rings. The van der Waals surface area contributed by atoms with Gasteiger partial charge in [0.2, 0.25) is 5.06 Å². The van der Waals surface area contributed by atoms with Gasteiger partial charge in [0.1, 0.15) is 5.69 Å². The molecule has 0 fully saturated rings. The monoisotopic (exact) mass is 389 g/mol. The Morgan fingerprint density at radius 1 is 1.25 bits per heavy atom. The Hall–Kier alpha value is -1.77. The van der Waals surface area contributed by atoms with E-state index in [9.17, 15) is 13.2 Å². The predicted octanol–water partition coefficient (Wildman–Crippen LogP) is 4.56. The molecule has 1 aromatic carbocycles. The second kappa shape index (κ2) is 6.62. The molecule has 2 N–H and O–H groups in total. The first-order valence-corrected chi connectivity index (χ1v) is 9.50. The molecular formula is C15H16ClNO5S2. The number of thiophene rings is 1. The van der Waals surface area contributed by atoms with Gasteiger partial charge in [0.05, 0.1) is 4.90 Å². The Morgan fingerprint density at radius 3 is 2.33 bits per heavy atom. The van der Waals surface area contributed by atoms with E-state index >= 15 is 0 Å². The van der Waals surface area contributed by atoms with Gasteiger partial charge in [0.25, 0.3) is 10.0 Å². The molecule has 1 heterocycles. The van der Waals surface area contributed by atoms with E-state index in [1.165, 1.54) is 24.3 Å². The second-order valence-corrected chi connectivity index (χ2v) is 9.12. The van der Waals surface area contributed by atoms with Crippen molar-refractivity contribution < 1.29 is 23.1 Å². The number of carbonyl (C=O) groups is 1. The molecule has 130 valence electrons. The summed E-state index contributed by atoms with van der Waals surface area (Å²) in [6, 6.07) is 7.22. The van der Waals surface area contributed by atoms with Crippen molar-refractivity contribution in [2.24, 2.45) is 0 Å². The smallest absolute Gasteiger partial charge is 0.449 e. The average Bonchev–Trinajstić information content (AvgIpc) is 2.81. The summed E-state index contributed by atoms with van der Waals surface area (Å²) in [5, 5.41) is 9.23. The zero-order valence-electron chi connectivity index (χ0n) is 13.2. The Balaban J connectivity index is 2.41. The molecule has 2 aromatic rings. The van der Waals surface area contributed by atoms with Crippen LogP contribution in [-0.4, -0.2) is 19.7 Å². The third-order valence-corrected chi connectivity index (χ3v) is 6.06. The first-order valence-electron chi connectivity index (χ1n) is 6.82. The molecule has 2 rings (SSSR count). The van der Waals surface area contributed by atoms with Crippen LogP contribution in [0.4, 0.5) is 10.5 Å². The Bertz CT molecular complexity index is 851. The van der Waals surface area contributed by atoms with Gasteiger partial charge in [0.15, 0.2) is 0 Å². The van der Waals surface area contributed by atoms with Gasteiger partial charge in [-0.3, -0.25) is 4.72 Å². The highest BCUT2D eigenvalue weighted by Crippen LogP contribution is 2.41. The van der Waals surface area contributed by atoms with E-state index < -0.39 is 16.2 Å². The average molecular weight is 390 g/mol. The molecule has 0 bridgehead atoms. The van der Waals surface area contributed by atoms with E-state index in [1.807, 2.05) is 20.8 Å². The maximum Gasteiger partial charge on any atom is 0.512 e. The summed E-state index contributed by atoms with van der Waals surface area (Å²) in [5.74, 6) is 0. The fourth-order valence-corrected chi connectivity index (χ4v) is 4.05. The number of hydrogen-bond acceptors (Lipinski definition) is 5. The minimum Gasteiger partial charge on any atom is -0.449 e. The van der Waals surface area contributed by atoms with Crippen LogP contribution >= 0.6 is 22.9 Å². The van der Waals surface area contributed by atoms with Crippen LogP contribution in [0.25, 0.3) is 0 Å². The van der Waals surface area contributed by atoms with E-state index in [0.29, 0.717) is 5.02 Å². The van der Waals surface area contributed by atoms with Gasteiger partial charge < -0.3 is 9.84 Å². The van der Waals surface area contributed by atoms with Gasteiger partial charge in [-0.05, 0) is 35.7 Å². The quantitative estimate of drug-likeness (QED) is 0.748. The van der Waals surface area contributed by atoms with Crippen LogP contribution in [0.15, 0.2) is 35.2 Å². The Kier molecular flexibility index (Phi) is 5.12. The highest BCUT2D eigenvalue weighted by Gasteiger charge is 2.25. The topological polar surface area (TPSA) is 92.7 Å². The van der Waals surface area contributed by atoms with E-state index in [-0.39, 0.29) is 21.1 Å². The van der Waals surface area contributed by atoms with Crippen LogP contribution in [0, 0.1) is 0 Å². The van der Waals surface area contributed by atoms with Crippen molar-refractivity contribution in [2.45, 2.75) is 31.1 Å². The normalized spacial score (nSPS) is 12.0. The molecule has 24 heavy (non-hydrogen) atoms. The van der Waals surface area contributed by atoms with Crippen molar-refractivity contribution in [3.05, 3.63) is 40.2 Å². The molecule has 0 aliphatic carbocycles. The van der Waals surface area contributed by atoms with Crippen LogP contribution in [-0.2, 0) is 15.4 Å². The van der Waals surface area contributed by atoms with Gasteiger partial charge in [-0.2, -0.15) is 0 Å². The Labute approximate surface area is 149 Å². The molecule has 0 radical (unpaired) electrons. The number of sulfonamides is 1. The maximum absolute atomic E-state index is 12.5. The third-order valence-electron chi connectivity index (χ3n) is 2.99. The molecule has 6 nitrogen and oxygen atoms in total. The number of hydrogen-bond donors (Lipinski definition) is 2. The summed E-state index contributed by atoms with van der Waals surface area (Å²) in [7, 11) is -3.90. The summed E-state index contributed by atoms with van der Waals surface area (Å²) in [5.41, 5.74) is -0.201. The number of halogens is 1. The summed E-state index contributed by atoms with van der Waals surface area (Å²) in [6.45, 7) is 5.79. The van der Waals surface area contributed by atoms with Crippen molar-refractivity contribution in [3.63, 3.8) is 0 Å². The van der Waals surface area contributed by atoms with E-state index in [4.69, 9.17) is 21.4 Å². The zero-order chi connectivity index (χ0) is 18.1. The first-order chi connectivity index (χ1) is 11.0. The molecule has 9 heteroatoms. The molecule has 1 aromatic heterocycles. The van der Waals surface area contributed by atoms with Gasteiger partial charge in [-0.25, -0.2) is 13.2 Å². The van der Waals surface area contributed by atoms with Gasteiger partial charge in [0, 0.05) is 9.90 Å². The summed E-state index contributed by atoms with van der Waals surface area (Å²) in [4.78, 5) is 11.6. The molecular weight excluding hydrogens is 374 g/mol. The van der Waals surface area contributed by atoms with Crippen LogP contribution in [0.2, 0.25) is 5.02 Å². The maximum atomic E-state index is 12.5. The lowest BCUT2D eigenvalue weighted by Gasteiger charge is -2.14. The zero-order valence-corrected chi connectivity index (χ0v) is 15.6. The fourth-order valence-electron chi connectivity index (χ4n) is 1.79. The summed E-state index contributed by atoms with van der Waals surface area (Å²) < 4.78 is 32.0. The van der Waals surface area contributed by atoms with Crippen molar-refractivity contribution in [1.29, 1.82) is 0 Å². The third kappa shape index (κ3) is 4.40. The SMILES string of the molecule is CC(C)(C)c1cc(NS(=O)(=O)c2ccc(Cl)cc2)c(OC(=O)O)s1. The minimum atomic E-state index is -3.90. The van der Waals surface area contributed by atoms with Crippen LogP contribution in [0.5, 0.6) is 5.06 Å². The van der Waals surface area contributed by atoms with E-state index in [2.05, 4.69) is 4.72 Å². The molecule has 0 spiro atoms. The molecule has 0 amide bonds. The van der Waals surface area contributed by atoms with Crippen LogP contribution in [0.1, 0.15) is 25.6 Å². The number of rotatable bonds is 4. The highest BCUT2D eigenvalue weighted by atomic mass is 35.5. The van der Waals surface area contributed by atoms with E-state index in [0.717, 1.165) is 16.2 Å². The van der Waals surface area contributed by atoms with Gasteiger partial charge in [-0.1, -0.05) is 32.4 Å². The summed E-state index contributed by atoms with van der Waals surface area (Å²) >= 11 is 6.84. The Morgan fingerprint density at radius 2 is 1.83 bits per heavy atom. The lowest BCUT2D eigenvalue weighted by molar-refractivity contribution is 0.146. The standard InChI is InChI=1S/C15H16ClNO5S2/c1-15(2,3)12-8-11(13(23-12)22-14(18)19)17-24(20,21)10-6-4-9(16)5-7-10/h4-8,17H,1-3H3,(H,18,19). The number of carboxylic acid groups (broad SMARTS) is 1. The van der Waals surface area contributed by atoms with Crippen molar-refractivity contribution in [2.75, 3.05) is 4.72 Å². The fraction of sp³-hybridized carbons (Fsp3) is 0.267. The molecule has 0 unspecified atom stereocenters. The van der Waals surface area contributed by atoms with Crippen molar-refractivity contribution in [1.82, 2.24) is 0 Å². The van der Waals surface area contributed by atoms with Crippen molar-refractivity contribution in [3.8, 4) is 5.06 Å². The molecule has 0 atom stereocenters. The van der Waals surface area contributed by atoms with Crippen LogP contribution < -0.4 is 9.46 Å². The molecule has 0 saturated heterocycles. The van der Waals surface area contributed by atoms with Gasteiger partial charge in [-0.15, -0.1) is 11.3 Å². The lowest BCUT2D eigenvalue weighted by atomic mass is 9.95. The number of benzene rings is 1. The molecule has 0 aliphatic heterocycles. The second-order valence-electron chi connectivity index (χ2n) is 5.99.